The SMILES string of the molecule is CC1(C)CCC(c2ccc(C(C)(C)O)cc2)CC1. The molecule has 1 heteroatoms. The maximum Gasteiger partial charge on any atom is 0.0840 e. The Morgan fingerprint density at radius 1 is 1.06 bits per heavy atom. The predicted octanol–water partition coefficient (Wildman–Crippen LogP) is 4.60. The average Bonchev–Trinajstić information content (AvgIpc) is 2.28. The Balaban J connectivity index is 2.07. The fourth-order valence-electron chi connectivity index (χ4n) is 2.90. The van der Waals surface area contributed by atoms with Gasteiger partial charge in [-0.3, -0.25) is 0 Å². The molecule has 0 aliphatic heterocycles. The van der Waals surface area contributed by atoms with Gasteiger partial charge in [0, 0.05) is 0 Å². The molecule has 1 N–H and O–H groups in total. The van der Waals surface area contributed by atoms with Gasteiger partial charge in [0.2, 0.25) is 0 Å². The Kier molecular flexibility index (Phi) is 3.55. The zero-order valence-corrected chi connectivity index (χ0v) is 12.2. The van der Waals surface area contributed by atoms with Crippen LogP contribution in [0.2, 0.25) is 0 Å². The van der Waals surface area contributed by atoms with E-state index in [-0.39, 0.29) is 0 Å². The molecule has 0 saturated heterocycles. The summed E-state index contributed by atoms with van der Waals surface area (Å²) in [4.78, 5) is 0. The van der Waals surface area contributed by atoms with Crippen LogP contribution in [0.5, 0.6) is 0 Å². The molecule has 0 amide bonds. The quantitative estimate of drug-likeness (QED) is 0.808. The van der Waals surface area contributed by atoms with Crippen LogP contribution in [0.1, 0.15) is 70.4 Å². The molecule has 100 valence electrons. The van der Waals surface area contributed by atoms with Crippen molar-refractivity contribution in [2.75, 3.05) is 0 Å². The molecule has 1 nitrogen and oxygen atoms in total. The van der Waals surface area contributed by atoms with Gasteiger partial charge in [-0.05, 0) is 62.0 Å². The van der Waals surface area contributed by atoms with E-state index in [4.69, 9.17) is 0 Å². The highest BCUT2D eigenvalue weighted by molar-refractivity contribution is 5.28. The standard InChI is InChI=1S/C17H26O/c1-16(2)11-9-14(10-12-16)13-5-7-15(8-6-13)17(3,4)18/h5-8,14,18H,9-12H2,1-4H3. The van der Waals surface area contributed by atoms with Crippen molar-refractivity contribution < 1.29 is 5.11 Å². The first-order chi connectivity index (χ1) is 8.28. The summed E-state index contributed by atoms with van der Waals surface area (Å²) in [5, 5.41) is 9.96. The topological polar surface area (TPSA) is 20.2 Å². The molecular formula is C17H26O. The third-order valence-electron chi connectivity index (χ3n) is 4.43. The molecule has 1 aromatic rings. The van der Waals surface area contributed by atoms with Gasteiger partial charge in [0.05, 0.1) is 5.60 Å². The molecule has 2 rings (SSSR count). The summed E-state index contributed by atoms with van der Waals surface area (Å²) < 4.78 is 0. The van der Waals surface area contributed by atoms with Crippen LogP contribution in [0, 0.1) is 5.41 Å². The average molecular weight is 246 g/mol. The van der Waals surface area contributed by atoms with E-state index in [1.165, 1.54) is 31.2 Å². The van der Waals surface area contributed by atoms with E-state index in [0.29, 0.717) is 11.3 Å². The van der Waals surface area contributed by atoms with Crippen molar-refractivity contribution in [3.8, 4) is 0 Å². The van der Waals surface area contributed by atoms with Crippen molar-refractivity contribution in [3.05, 3.63) is 35.4 Å². The lowest BCUT2D eigenvalue weighted by Crippen LogP contribution is -2.20. The van der Waals surface area contributed by atoms with Crippen molar-refractivity contribution in [1.29, 1.82) is 0 Å². The van der Waals surface area contributed by atoms with E-state index in [2.05, 4.69) is 38.1 Å². The molecule has 1 aromatic carbocycles. The predicted molar refractivity (Wildman–Crippen MR) is 76.7 cm³/mol. The fourth-order valence-corrected chi connectivity index (χ4v) is 2.90. The zero-order chi connectivity index (χ0) is 13.4. The largest absolute Gasteiger partial charge is 0.386 e. The highest BCUT2D eigenvalue weighted by atomic mass is 16.3. The normalized spacial score (nSPS) is 20.9. The van der Waals surface area contributed by atoms with E-state index in [0.717, 1.165) is 5.56 Å². The molecule has 0 aromatic heterocycles. The van der Waals surface area contributed by atoms with E-state index >= 15 is 0 Å². The lowest BCUT2D eigenvalue weighted by Gasteiger charge is -2.34. The van der Waals surface area contributed by atoms with Crippen LogP contribution in [0.4, 0.5) is 0 Å². The van der Waals surface area contributed by atoms with Crippen LogP contribution in [0.15, 0.2) is 24.3 Å². The van der Waals surface area contributed by atoms with Gasteiger partial charge >= 0.3 is 0 Å². The van der Waals surface area contributed by atoms with Crippen LogP contribution in [-0.2, 0) is 5.60 Å². The lowest BCUT2D eigenvalue weighted by molar-refractivity contribution is 0.0786. The first kappa shape index (κ1) is 13.6. The molecule has 1 aliphatic carbocycles. The van der Waals surface area contributed by atoms with Crippen molar-refractivity contribution in [1.82, 2.24) is 0 Å². The van der Waals surface area contributed by atoms with Crippen LogP contribution in [-0.4, -0.2) is 5.11 Å². The minimum Gasteiger partial charge on any atom is -0.386 e. The fraction of sp³-hybridized carbons (Fsp3) is 0.647. The van der Waals surface area contributed by atoms with E-state index < -0.39 is 5.60 Å². The Labute approximate surface area is 111 Å². The second-order valence-corrected chi connectivity index (χ2v) is 7.12. The van der Waals surface area contributed by atoms with Gasteiger partial charge in [-0.1, -0.05) is 38.1 Å². The van der Waals surface area contributed by atoms with Crippen LogP contribution < -0.4 is 0 Å². The van der Waals surface area contributed by atoms with Crippen molar-refractivity contribution in [2.24, 2.45) is 5.41 Å². The van der Waals surface area contributed by atoms with Gasteiger partial charge in [-0.2, -0.15) is 0 Å². The molecule has 18 heavy (non-hydrogen) atoms. The zero-order valence-electron chi connectivity index (χ0n) is 12.2. The van der Waals surface area contributed by atoms with Gasteiger partial charge in [0.25, 0.3) is 0 Å². The highest BCUT2D eigenvalue weighted by Gasteiger charge is 2.27. The molecule has 0 bridgehead atoms. The smallest absolute Gasteiger partial charge is 0.0840 e. The summed E-state index contributed by atoms with van der Waals surface area (Å²) in [7, 11) is 0. The minimum atomic E-state index is -0.729. The van der Waals surface area contributed by atoms with Gasteiger partial charge < -0.3 is 5.11 Å². The molecule has 0 unspecified atom stereocenters. The van der Waals surface area contributed by atoms with E-state index in [9.17, 15) is 5.11 Å². The monoisotopic (exact) mass is 246 g/mol. The molecule has 1 fully saturated rings. The number of hydrogen-bond donors (Lipinski definition) is 1. The Hall–Kier alpha value is -0.820. The third-order valence-corrected chi connectivity index (χ3v) is 4.43. The molecule has 0 atom stereocenters. The Morgan fingerprint density at radius 3 is 2.00 bits per heavy atom. The van der Waals surface area contributed by atoms with Gasteiger partial charge in [-0.25, -0.2) is 0 Å². The number of hydrogen-bond acceptors (Lipinski definition) is 1. The second kappa shape index (κ2) is 4.70. The van der Waals surface area contributed by atoms with Crippen LogP contribution >= 0.6 is 0 Å². The number of aliphatic hydroxyl groups is 1. The van der Waals surface area contributed by atoms with Crippen molar-refractivity contribution in [3.63, 3.8) is 0 Å². The lowest BCUT2D eigenvalue weighted by atomic mass is 9.71. The highest BCUT2D eigenvalue weighted by Crippen LogP contribution is 2.42. The molecular weight excluding hydrogens is 220 g/mol. The van der Waals surface area contributed by atoms with E-state index in [1.807, 2.05) is 13.8 Å². The van der Waals surface area contributed by atoms with Crippen molar-refractivity contribution in [2.45, 2.75) is 64.9 Å². The Morgan fingerprint density at radius 2 is 1.56 bits per heavy atom. The first-order valence-electron chi connectivity index (χ1n) is 7.11. The molecule has 0 spiro atoms. The summed E-state index contributed by atoms with van der Waals surface area (Å²) in [5.74, 6) is 0.717. The number of rotatable bonds is 2. The second-order valence-electron chi connectivity index (χ2n) is 7.12. The summed E-state index contributed by atoms with van der Waals surface area (Å²) in [5.41, 5.74) is 2.25. The molecule has 1 saturated carbocycles. The maximum atomic E-state index is 9.96. The minimum absolute atomic E-state index is 0.531. The molecule has 1 aliphatic rings. The molecule has 0 radical (unpaired) electrons. The Bertz CT molecular complexity index is 385. The number of benzene rings is 1. The maximum absolute atomic E-state index is 9.96. The third kappa shape index (κ3) is 3.14. The van der Waals surface area contributed by atoms with Gasteiger partial charge in [0.1, 0.15) is 0 Å². The summed E-state index contributed by atoms with van der Waals surface area (Å²) >= 11 is 0. The van der Waals surface area contributed by atoms with Gasteiger partial charge in [0.15, 0.2) is 0 Å². The van der Waals surface area contributed by atoms with Crippen LogP contribution in [0.25, 0.3) is 0 Å². The summed E-state index contributed by atoms with van der Waals surface area (Å²) in [6.45, 7) is 8.43. The van der Waals surface area contributed by atoms with Gasteiger partial charge in [-0.15, -0.1) is 0 Å². The summed E-state index contributed by atoms with van der Waals surface area (Å²) in [6, 6.07) is 8.57. The van der Waals surface area contributed by atoms with Crippen molar-refractivity contribution >= 4 is 0 Å². The summed E-state index contributed by atoms with van der Waals surface area (Å²) in [6.07, 6.45) is 5.25. The van der Waals surface area contributed by atoms with E-state index in [1.54, 1.807) is 0 Å². The molecule has 0 heterocycles. The van der Waals surface area contributed by atoms with Crippen LogP contribution in [0.3, 0.4) is 0 Å². The first-order valence-corrected chi connectivity index (χ1v) is 7.11.